The minimum atomic E-state index is -0.195. The lowest BCUT2D eigenvalue weighted by molar-refractivity contribution is -0.118. The number of hydrogen-bond acceptors (Lipinski definition) is 2. The molecule has 21 heavy (non-hydrogen) atoms. The van der Waals surface area contributed by atoms with E-state index in [0.29, 0.717) is 5.56 Å². The van der Waals surface area contributed by atoms with Gasteiger partial charge in [0, 0.05) is 24.2 Å². The molecular formula is C17H24N2O2. The Hall–Kier alpha value is -2.10. The van der Waals surface area contributed by atoms with Gasteiger partial charge in [-0.1, -0.05) is 25.5 Å². The van der Waals surface area contributed by atoms with Crippen LogP contribution in [-0.2, 0) is 4.79 Å². The van der Waals surface area contributed by atoms with Gasteiger partial charge < -0.3 is 10.6 Å². The molecule has 0 heterocycles. The van der Waals surface area contributed by atoms with E-state index in [1.54, 1.807) is 25.3 Å². The zero-order valence-electron chi connectivity index (χ0n) is 13.2. The lowest BCUT2D eigenvalue weighted by atomic mass is 9.99. The Morgan fingerprint density at radius 3 is 2.33 bits per heavy atom. The van der Waals surface area contributed by atoms with Crippen LogP contribution in [0.15, 0.2) is 30.3 Å². The number of nitrogens with one attached hydrogen (secondary N) is 2. The van der Waals surface area contributed by atoms with Gasteiger partial charge in [0.25, 0.3) is 5.91 Å². The molecule has 0 aliphatic heterocycles. The van der Waals surface area contributed by atoms with Crippen molar-refractivity contribution in [1.29, 1.82) is 0 Å². The number of amides is 2. The molecule has 1 rings (SSSR count). The van der Waals surface area contributed by atoms with Crippen LogP contribution in [0.4, 0.5) is 0 Å². The van der Waals surface area contributed by atoms with Gasteiger partial charge in [-0.05, 0) is 44.0 Å². The van der Waals surface area contributed by atoms with Crippen molar-refractivity contribution in [2.75, 3.05) is 7.05 Å². The highest BCUT2D eigenvalue weighted by Gasteiger charge is 2.17. The molecule has 0 aliphatic carbocycles. The number of carbonyl (C=O) groups is 2. The first-order chi connectivity index (χ1) is 9.88. The van der Waals surface area contributed by atoms with Gasteiger partial charge in [0.1, 0.15) is 0 Å². The third-order valence-corrected chi connectivity index (χ3v) is 3.16. The normalized spacial score (nSPS) is 11.4. The summed E-state index contributed by atoms with van der Waals surface area (Å²) in [5.41, 5.74) is 1.29. The average Bonchev–Trinajstić information content (AvgIpc) is 2.44. The Balaban J connectivity index is 2.64. The van der Waals surface area contributed by atoms with Crippen molar-refractivity contribution in [2.24, 2.45) is 0 Å². The fourth-order valence-corrected chi connectivity index (χ4v) is 2.12. The van der Waals surface area contributed by atoms with Crippen molar-refractivity contribution < 1.29 is 9.59 Å². The van der Waals surface area contributed by atoms with Crippen molar-refractivity contribution >= 4 is 17.9 Å². The highest BCUT2D eigenvalue weighted by Crippen LogP contribution is 2.11. The summed E-state index contributed by atoms with van der Waals surface area (Å²) in [6, 6.07) is 7.09. The minimum absolute atomic E-state index is 0.108. The molecule has 114 valence electrons. The first kappa shape index (κ1) is 17.0. The molecule has 0 fully saturated rings. The van der Waals surface area contributed by atoms with Gasteiger partial charge in [0.05, 0.1) is 0 Å². The fourth-order valence-electron chi connectivity index (χ4n) is 2.12. The fraction of sp³-hybridized carbons (Fsp3) is 0.412. The van der Waals surface area contributed by atoms with Crippen LogP contribution in [-0.4, -0.2) is 24.4 Å². The maximum Gasteiger partial charge on any atom is 0.251 e. The van der Waals surface area contributed by atoms with Gasteiger partial charge in [0.15, 0.2) is 0 Å². The SMILES string of the molecule is CCCC(C)(C)NC(=O)C=Cc1ccc(C(=O)NC)cc1. The van der Waals surface area contributed by atoms with E-state index in [1.807, 2.05) is 26.0 Å². The maximum atomic E-state index is 11.9. The summed E-state index contributed by atoms with van der Waals surface area (Å²) in [7, 11) is 1.60. The van der Waals surface area contributed by atoms with Gasteiger partial charge in [-0.15, -0.1) is 0 Å². The van der Waals surface area contributed by atoms with E-state index in [0.717, 1.165) is 18.4 Å². The summed E-state index contributed by atoms with van der Waals surface area (Å²) in [5.74, 6) is -0.228. The van der Waals surface area contributed by atoms with Crippen LogP contribution in [0.3, 0.4) is 0 Å². The van der Waals surface area contributed by atoms with Crippen LogP contribution in [0.25, 0.3) is 6.08 Å². The van der Waals surface area contributed by atoms with Crippen LogP contribution >= 0.6 is 0 Å². The Morgan fingerprint density at radius 1 is 1.19 bits per heavy atom. The van der Waals surface area contributed by atoms with E-state index in [4.69, 9.17) is 0 Å². The number of benzene rings is 1. The Bertz CT molecular complexity index is 516. The second kappa shape index (κ2) is 7.62. The zero-order chi connectivity index (χ0) is 15.9. The van der Waals surface area contributed by atoms with Crippen molar-refractivity contribution in [3.63, 3.8) is 0 Å². The topological polar surface area (TPSA) is 58.2 Å². The molecule has 1 aromatic rings. The van der Waals surface area contributed by atoms with Gasteiger partial charge in [-0.3, -0.25) is 9.59 Å². The van der Waals surface area contributed by atoms with Crippen LogP contribution in [0.1, 0.15) is 49.5 Å². The largest absolute Gasteiger partial charge is 0.355 e. The first-order valence-electron chi connectivity index (χ1n) is 7.20. The molecule has 0 aliphatic rings. The standard InChI is InChI=1S/C17H24N2O2/c1-5-12-17(2,3)19-15(20)11-8-13-6-9-14(10-7-13)16(21)18-4/h6-11H,5,12H2,1-4H3,(H,18,21)(H,19,20). The second-order valence-electron chi connectivity index (χ2n) is 5.66. The van der Waals surface area contributed by atoms with Gasteiger partial charge in [0.2, 0.25) is 5.91 Å². The lowest BCUT2D eigenvalue weighted by Crippen LogP contribution is -2.42. The first-order valence-corrected chi connectivity index (χ1v) is 7.20. The Labute approximate surface area is 126 Å². The second-order valence-corrected chi connectivity index (χ2v) is 5.66. The smallest absolute Gasteiger partial charge is 0.251 e. The zero-order valence-corrected chi connectivity index (χ0v) is 13.2. The molecule has 2 amide bonds. The number of hydrogen-bond donors (Lipinski definition) is 2. The van der Waals surface area contributed by atoms with Crippen molar-refractivity contribution in [1.82, 2.24) is 10.6 Å². The Morgan fingerprint density at radius 2 is 1.81 bits per heavy atom. The molecule has 4 nitrogen and oxygen atoms in total. The average molecular weight is 288 g/mol. The van der Waals surface area contributed by atoms with Crippen molar-refractivity contribution in [3.8, 4) is 0 Å². The van der Waals surface area contributed by atoms with E-state index in [1.165, 1.54) is 6.08 Å². The number of carbonyl (C=O) groups excluding carboxylic acids is 2. The molecule has 0 atom stereocenters. The quantitative estimate of drug-likeness (QED) is 0.791. The lowest BCUT2D eigenvalue weighted by Gasteiger charge is -2.24. The van der Waals surface area contributed by atoms with E-state index >= 15 is 0 Å². The van der Waals surface area contributed by atoms with Gasteiger partial charge >= 0.3 is 0 Å². The summed E-state index contributed by atoms with van der Waals surface area (Å²) in [6.07, 6.45) is 5.22. The summed E-state index contributed by atoms with van der Waals surface area (Å²) >= 11 is 0. The summed E-state index contributed by atoms with van der Waals surface area (Å²) in [4.78, 5) is 23.3. The molecule has 0 saturated heterocycles. The van der Waals surface area contributed by atoms with Crippen LogP contribution in [0.5, 0.6) is 0 Å². The highest BCUT2D eigenvalue weighted by molar-refractivity contribution is 5.95. The molecule has 0 spiro atoms. The molecule has 0 aromatic heterocycles. The monoisotopic (exact) mass is 288 g/mol. The van der Waals surface area contributed by atoms with Crippen LogP contribution in [0.2, 0.25) is 0 Å². The molecular weight excluding hydrogens is 264 g/mol. The molecule has 0 unspecified atom stereocenters. The third kappa shape index (κ3) is 5.81. The molecule has 4 heteroatoms. The van der Waals surface area contributed by atoms with Crippen molar-refractivity contribution in [3.05, 3.63) is 41.5 Å². The predicted molar refractivity (Wildman–Crippen MR) is 86.0 cm³/mol. The maximum absolute atomic E-state index is 11.9. The minimum Gasteiger partial charge on any atom is -0.355 e. The van der Waals surface area contributed by atoms with E-state index in [2.05, 4.69) is 17.6 Å². The van der Waals surface area contributed by atoms with E-state index in [9.17, 15) is 9.59 Å². The van der Waals surface area contributed by atoms with Crippen LogP contribution < -0.4 is 10.6 Å². The number of rotatable bonds is 6. The molecule has 0 saturated carbocycles. The van der Waals surface area contributed by atoms with Crippen molar-refractivity contribution in [2.45, 2.75) is 39.2 Å². The van der Waals surface area contributed by atoms with Gasteiger partial charge in [-0.25, -0.2) is 0 Å². The van der Waals surface area contributed by atoms with E-state index < -0.39 is 0 Å². The predicted octanol–water partition coefficient (Wildman–Crippen LogP) is 2.75. The highest BCUT2D eigenvalue weighted by atomic mass is 16.2. The summed E-state index contributed by atoms with van der Waals surface area (Å²) in [6.45, 7) is 6.12. The molecule has 0 bridgehead atoms. The Kier molecular flexibility index (Phi) is 6.15. The molecule has 0 radical (unpaired) electrons. The molecule has 2 N–H and O–H groups in total. The summed E-state index contributed by atoms with van der Waals surface area (Å²) in [5, 5.41) is 5.54. The van der Waals surface area contributed by atoms with Crippen LogP contribution in [0, 0.1) is 0 Å². The summed E-state index contributed by atoms with van der Waals surface area (Å²) < 4.78 is 0. The third-order valence-electron chi connectivity index (χ3n) is 3.16. The molecule has 1 aromatic carbocycles. The van der Waals surface area contributed by atoms with Gasteiger partial charge in [-0.2, -0.15) is 0 Å². The van der Waals surface area contributed by atoms with E-state index in [-0.39, 0.29) is 17.4 Å².